The molecule has 1 aromatic heterocycles. The van der Waals surface area contributed by atoms with Crippen LogP contribution < -0.4 is 16.0 Å². The number of hydrogen-bond acceptors (Lipinski definition) is 5. The summed E-state index contributed by atoms with van der Waals surface area (Å²) in [6.45, 7) is 1.31. The summed E-state index contributed by atoms with van der Waals surface area (Å²) in [5.74, 6) is -1.96. The Morgan fingerprint density at radius 3 is 2.85 bits per heavy atom. The number of allylic oxidation sites excluding steroid dienone is 3. The fourth-order valence-corrected chi connectivity index (χ4v) is 2.79. The van der Waals surface area contributed by atoms with E-state index in [9.17, 15) is 13.6 Å². The Morgan fingerprint density at radius 2 is 2.23 bits per heavy atom. The van der Waals surface area contributed by atoms with Gasteiger partial charge in [-0.2, -0.15) is 0 Å². The number of alkyl carbamates (subject to hydrolysis) is 1. The molecule has 1 amide bonds. The quantitative estimate of drug-likeness (QED) is 0.562. The smallest absolute Gasteiger partial charge is 0.413 e. The van der Waals surface area contributed by atoms with Crippen LogP contribution in [0.2, 0.25) is 0 Å². The second-order valence-electron chi connectivity index (χ2n) is 6.10. The van der Waals surface area contributed by atoms with E-state index in [1.165, 1.54) is 12.3 Å². The zero-order valence-electron chi connectivity index (χ0n) is 14.0. The molecule has 2 aliphatic rings. The highest BCUT2D eigenvalue weighted by atomic mass is 19.1. The Morgan fingerprint density at radius 1 is 1.46 bits per heavy atom. The third kappa shape index (κ3) is 3.81. The first kappa shape index (κ1) is 17.8. The number of carbonyl (C=O) groups is 1. The molecule has 7 nitrogen and oxygen atoms in total. The minimum Gasteiger partial charge on any atom is -0.448 e. The van der Waals surface area contributed by atoms with Crippen LogP contribution in [-0.4, -0.2) is 36.7 Å². The van der Waals surface area contributed by atoms with Crippen LogP contribution in [0.5, 0.6) is 0 Å². The molecule has 1 aromatic rings. The molecule has 2 heterocycles. The number of ether oxygens (including phenoxy) is 1. The van der Waals surface area contributed by atoms with E-state index < -0.39 is 29.6 Å². The fraction of sp³-hybridized carbons (Fsp3) is 0.353. The molecular formula is C17H19F2N5O2. The third-order valence-electron chi connectivity index (χ3n) is 4.26. The zero-order chi connectivity index (χ0) is 18.7. The van der Waals surface area contributed by atoms with Gasteiger partial charge in [0.15, 0.2) is 17.6 Å². The van der Waals surface area contributed by atoms with Crippen molar-refractivity contribution in [3.05, 3.63) is 41.6 Å². The lowest BCUT2D eigenvalue weighted by Crippen LogP contribution is -2.38. The highest BCUT2D eigenvalue weighted by Gasteiger charge is 2.25. The number of guanidine groups is 1. The van der Waals surface area contributed by atoms with E-state index >= 15 is 0 Å². The highest BCUT2D eigenvalue weighted by Crippen LogP contribution is 2.34. The maximum Gasteiger partial charge on any atom is 0.413 e. The van der Waals surface area contributed by atoms with E-state index in [4.69, 9.17) is 15.9 Å². The number of halogens is 2. The monoisotopic (exact) mass is 363 g/mol. The van der Waals surface area contributed by atoms with Gasteiger partial charge in [0, 0.05) is 36.3 Å². The van der Waals surface area contributed by atoms with Crippen LogP contribution in [0.25, 0.3) is 5.57 Å². The van der Waals surface area contributed by atoms with Gasteiger partial charge in [-0.3, -0.25) is 10.7 Å². The lowest BCUT2D eigenvalue weighted by molar-refractivity contribution is 0.134. The maximum atomic E-state index is 14.8. The van der Waals surface area contributed by atoms with Gasteiger partial charge in [0.25, 0.3) is 0 Å². The van der Waals surface area contributed by atoms with Gasteiger partial charge >= 0.3 is 6.09 Å². The number of nitrogens with zero attached hydrogens (tertiary/aromatic N) is 2. The average molecular weight is 363 g/mol. The van der Waals surface area contributed by atoms with E-state index in [0.717, 1.165) is 19.5 Å². The van der Waals surface area contributed by atoms with Crippen molar-refractivity contribution in [1.82, 2.24) is 10.3 Å². The Bertz CT molecular complexity index is 789. The summed E-state index contributed by atoms with van der Waals surface area (Å²) in [5.41, 5.74) is 5.57. The number of carbonyl (C=O) groups excluding carboxylic acids is 1. The maximum absolute atomic E-state index is 14.8. The van der Waals surface area contributed by atoms with E-state index in [-0.39, 0.29) is 18.0 Å². The molecule has 1 saturated heterocycles. The van der Waals surface area contributed by atoms with Crippen LogP contribution in [0.4, 0.5) is 19.4 Å². The summed E-state index contributed by atoms with van der Waals surface area (Å²) in [6, 6.07) is 1.27. The number of nitrogens with two attached hydrogens (primary N) is 1. The van der Waals surface area contributed by atoms with Crippen LogP contribution in [0.3, 0.4) is 0 Å². The lowest BCUT2D eigenvalue weighted by atomic mass is 9.92. The molecule has 1 aliphatic heterocycles. The van der Waals surface area contributed by atoms with Gasteiger partial charge in [-0.1, -0.05) is 12.2 Å². The number of nitrogens with one attached hydrogen (secondary N) is 2. The summed E-state index contributed by atoms with van der Waals surface area (Å²) in [7, 11) is 0. The molecule has 0 saturated carbocycles. The predicted octanol–water partition coefficient (Wildman–Crippen LogP) is 2.31. The average Bonchev–Trinajstić information content (AvgIpc) is 2.53. The van der Waals surface area contributed by atoms with Gasteiger partial charge in [0.05, 0.1) is 0 Å². The molecule has 0 radical (unpaired) electrons. The molecule has 1 unspecified atom stereocenters. The SMILES string of the molecule is N=C(N)NC(=O)OCC1CC=CC(c2cnc(N3CCC3)c(F)c2)=C1F. The molecular weight excluding hydrogens is 344 g/mol. The molecule has 0 spiro atoms. The predicted molar refractivity (Wildman–Crippen MR) is 92.7 cm³/mol. The van der Waals surface area contributed by atoms with Gasteiger partial charge in [0.2, 0.25) is 0 Å². The van der Waals surface area contributed by atoms with Gasteiger partial charge in [-0.05, 0) is 18.9 Å². The van der Waals surface area contributed by atoms with Gasteiger partial charge in [-0.15, -0.1) is 0 Å². The van der Waals surface area contributed by atoms with Crippen LogP contribution in [0.1, 0.15) is 18.4 Å². The third-order valence-corrected chi connectivity index (χ3v) is 4.26. The first-order valence-corrected chi connectivity index (χ1v) is 8.20. The van der Waals surface area contributed by atoms with Gasteiger partial charge in [-0.25, -0.2) is 18.6 Å². The first-order valence-electron chi connectivity index (χ1n) is 8.20. The van der Waals surface area contributed by atoms with Crippen LogP contribution in [-0.2, 0) is 4.74 Å². The van der Waals surface area contributed by atoms with Crippen molar-refractivity contribution < 1.29 is 18.3 Å². The number of anilines is 1. The molecule has 9 heteroatoms. The fourth-order valence-electron chi connectivity index (χ4n) is 2.79. The summed E-state index contributed by atoms with van der Waals surface area (Å²) in [4.78, 5) is 17.3. The van der Waals surface area contributed by atoms with Crippen molar-refractivity contribution >= 4 is 23.4 Å². The molecule has 26 heavy (non-hydrogen) atoms. The van der Waals surface area contributed by atoms with Crippen LogP contribution in [0, 0.1) is 17.1 Å². The zero-order valence-corrected chi connectivity index (χ0v) is 14.0. The molecule has 1 fully saturated rings. The summed E-state index contributed by atoms with van der Waals surface area (Å²) < 4.78 is 33.9. The van der Waals surface area contributed by atoms with Crippen molar-refractivity contribution in [2.24, 2.45) is 11.7 Å². The Kier molecular flexibility index (Phi) is 5.15. The minimum atomic E-state index is -0.923. The number of hydrogen-bond donors (Lipinski definition) is 3. The summed E-state index contributed by atoms with van der Waals surface area (Å²) >= 11 is 0. The first-order chi connectivity index (χ1) is 12.5. The number of amides is 1. The van der Waals surface area contributed by atoms with E-state index in [1.54, 1.807) is 12.2 Å². The van der Waals surface area contributed by atoms with Crippen molar-refractivity contribution in [3.8, 4) is 0 Å². The molecule has 0 bridgehead atoms. The standard InChI is InChI=1S/C17H19F2N5O2/c18-13-7-11(8-22-15(13)24-5-2-6-24)12-4-1-3-10(14(12)19)9-26-17(25)23-16(20)21/h1,4,7-8,10H,2-3,5-6,9H2,(H4,20,21,23,25). The lowest BCUT2D eigenvalue weighted by Gasteiger charge is -2.32. The van der Waals surface area contributed by atoms with Gasteiger partial charge < -0.3 is 15.4 Å². The molecule has 1 aliphatic carbocycles. The molecule has 138 valence electrons. The Hall–Kier alpha value is -2.97. The Balaban J connectivity index is 1.73. The van der Waals surface area contributed by atoms with Crippen molar-refractivity contribution in [1.29, 1.82) is 5.41 Å². The van der Waals surface area contributed by atoms with Crippen molar-refractivity contribution in [2.45, 2.75) is 12.8 Å². The second-order valence-corrected chi connectivity index (χ2v) is 6.10. The Labute approximate surface area is 149 Å². The minimum absolute atomic E-state index is 0.221. The molecule has 1 atom stereocenters. The number of pyridine rings is 1. The van der Waals surface area contributed by atoms with Gasteiger partial charge in [0.1, 0.15) is 12.4 Å². The molecule has 3 rings (SSSR count). The van der Waals surface area contributed by atoms with Crippen molar-refractivity contribution in [3.63, 3.8) is 0 Å². The largest absolute Gasteiger partial charge is 0.448 e. The molecule has 4 N–H and O–H groups in total. The number of aromatic nitrogens is 1. The van der Waals surface area contributed by atoms with Crippen LogP contribution >= 0.6 is 0 Å². The van der Waals surface area contributed by atoms with E-state index in [1.807, 2.05) is 10.2 Å². The topological polar surface area (TPSA) is 104 Å². The molecule has 0 aromatic carbocycles. The van der Waals surface area contributed by atoms with E-state index in [0.29, 0.717) is 12.0 Å². The summed E-state index contributed by atoms with van der Waals surface area (Å²) in [5, 5.41) is 8.90. The van der Waals surface area contributed by atoms with E-state index in [2.05, 4.69) is 4.98 Å². The highest BCUT2D eigenvalue weighted by molar-refractivity contribution is 5.90. The normalized spacial score (nSPS) is 19.2. The second kappa shape index (κ2) is 7.51. The summed E-state index contributed by atoms with van der Waals surface area (Å²) in [6.07, 6.45) is 5.17. The van der Waals surface area contributed by atoms with Crippen molar-refractivity contribution in [2.75, 3.05) is 24.6 Å². The van der Waals surface area contributed by atoms with Crippen LogP contribution in [0.15, 0.2) is 30.2 Å². The number of rotatable bonds is 4.